The average molecular weight is 461 g/mol. The molecule has 0 aliphatic heterocycles. The summed E-state index contributed by atoms with van der Waals surface area (Å²) in [6.07, 6.45) is 0. The standard InChI is InChI=1S/C22H24N2O5S2/c1-4-29-19-10-14-21(15-11-19)30(25,26)23-18-8-12-20(13-9-18)31(27,28)24-22-16(2)6-5-7-17(22)3/h5-15,23-24H,4H2,1-3H3. The number of rotatable bonds is 8. The lowest BCUT2D eigenvalue weighted by Crippen LogP contribution is -2.15. The van der Waals surface area contributed by atoms with E-state index in [1.165, 1.54) is 36.4 Å². The van der Waals surface area contributed by atoms with Gasteiger partial charge in [0.05, 0.1) is 22.1 Å². The lowest BCUT2D eigenvalue weighted by atomic mass is 10.1. The zero-order valence-corrected chi connectivity index (χ0v) is 19.0. The molecule has 0 fully saturated rings. The van der Waals surface area contributed by atoms with E-state index < -0.39 is 20.0 Å². The van der Waals surface area contributed by atoms with Crippen LogP contribution in [0.4, 0.5) is 11.4 Å². The van der Waals surface area contributed by atoms with Crippen molar-refractivity contribution in [1.82, 2.24) is 0 Å². The molecule has 0 heterocycles. The van der Waals surface area contributed by atoms with E-state index >= 15 is 0 Å². The molecule has 3 aromatic rings. The predicted molar refractivity (Wildman–Crippen MR) is 122 cm³/mol. The number of anilines is 2. The van der Waals surface area contributed by atoms with E-state index in [-0.39, 0.29) is 15.5 Å². The van der Waals surface area contributed by atoms with Gasteiger partial charge >= 0.3 is 0 Å². The zero-order valence-electron chi connectivity index (χ0n) is 17.4. The third kappa shape index (κ3) is 5.36. The summed E-state index contributed by atoms with van der Waals surface area (Å²) in [6, 6.07) is 17.1. The van der Waals surface area contributed by atoms with Gasteiger partial charge in [-0.3, -0.25) is 9.44 Å². The summed E-state index contributed by atoms with van der Waals surface area (Å²) >= 11 is 0. The maximum atomic E-state index is 12.7. The Morgan fingerprint density at radius 2 is 1.19 bits per heavy atom. The lowest BCUT2D eigenvalue weighted by molar-refractivity contribution is 0.340. The molecule has 0 aromatic heterocycles. The van der Waals surface area contributed by atoms with E-state index in [9.17, 15) is 16.8 Å². The van der Waals surface area contributed by atoms with Crippen molar-refractivity contribution in [3.63, 3.8) is 0 Å². The van der Waals surface area contributed by atoms with Gasteiger partial charge < -0.3 is 4.74 Å². The number of aryl methyl sites for hydroxylation is 2. The van der Waals surface area contributed by atoms with Gasteiger partial charge in [-0.05, 0) is 80.4 Å². The lowest BCUT2D eigenvalue weighted by Gasteiger charge is -2.14. The second-order valence-corrected chi connectivity index (χ2v) is 10.3. The molecule has 9 heteroatoms. The van der Waals surface area contributed by atoms with Crippen LogP contribution in [0.25, 0.3) is 0 Å². The van der Waals surface area contributed by atoms with Gasteiger partial charge in [0.15, 0.2) is 0 Å². The van der Waals surface area contributed by atoms with E-state index in [4.69, 9.17) is 4.74 Å². The maximum Gasteiger partial charge on any atom is 0.261 e. The average Bonchev–Trinajstić information content (AvgIpc) is 2.72. The van der Waals surface area contributed by atoms with Crippen molar-refractivity contribution >= 4 is 31.4 Å². The Labute approximate surface area is 183 Å². The Hall–Kier alpha value is -3.04. The SMILES string of the molecule is CCOc1ccc(S(=O)(=O)Nc2ccc(S(=O)(=O)Nc3c(C)cccc3C)cc2)cc1. The van der Waals surface area contributed by atoms with E-state index in [1.54, 1.807) is 12.1 Å². The van der Waals surface area contributed by atoms with Crippen LogP contribution >= 0.6 is 0 Å². The van der Waals surface area contributed by atoms with Gasteiger partial charge in [0, 0.05) is 5.69 Å². The quantitative estimate of drug-likeness (QED) is 0.522. The minimum atomic E-state index is -3.82. The second kappa shape index (κ2) is 8.99. The van der Waals surface area contributed by atoms with Crippen molar-refractivity contribution < 1.29 is 21.6 Å². The minimum Gasteiger partial charge on any atom is -0.494 e. The number of hydrogen-bond donors (Lipinski definition) is 2. The number of benzene rings is 3. The number of para-hydroxylation sites is 1. The van der Waals surface area contributed by atoms with Crippen molar-refractivity contribution in [2.24, 2.45) is 0 Å². The van der Waals surface area contributed by atoms with Crippen LogP contribution in [-0.4, -0.2) is 23.4 Å². The molecule has 31 heavy (non-hydrogen) atoms. The van der Waals surface area contributed by atoms with Gasteiger partial charge in [-0.15, -0.1) is 0 Å². The van der Waals surface area contributed by atoms with Crippen LogP contribution in [0.3, 0.4) is 0 Å². The Kier molecular flexibility index (Phi) is 6.56. The highest BCUT2D eigenvalue weighted by atomic mass is 32.2. The molecule has 0 saturated carbocycles. The third-order valence-electron chi connectivity index (χ3n) is 4.58. The second-order valence-electron chi connectivity index (χ2n) is 6.91. The Bertz CT molecular complexity index is 1250. The maximum absolute atomic E-state index is 12.7. The first-order valence-corrected chi connectivity index (χ1v) is 12.5. The molecule has 0 unspecified atom stereocenters. The molecule has 2 N–H and O–H groups in total. The summed E-state index contributed by atoms with van der Waals surface area (Å²) in [5.74, 6) is 0.576. The summed E-state index contributed by atoms with van der Waals surface area (Å²) in [6.45, 7) is 5.97. The van der Waals surface area contributed by atoms with Gasteiger partial charge in [0.2, 0.25) is 0 Å². The summed E-state index contributed by atoms with van der Waals surface area (Å²) < 4.78 is 61.0. The Morgan fingerprint density at radius 3 is 1.71 bits per heavy atom. The Morgan fingerprint density at radius 1 is 0.710 bits per heavy atom. The minimum absolute atomic E-state index is 0.0270. The molecule has 0 aliphatic carbocycles. The normalized spacial score (nSPS) is 11.7. The molecular formula is C22H24N2O5S2. The van der Waals surface area contributed by atoms with Crippen LogP contribution < -0.4 is 14.2 Å². The van der Waals surface area contributed by atoms with Crippen LogP contribution in [0.1, 0.15) is 18.1 Å². The molecule has 3 rings (SSSR count). The molecule has 7 nitrogen and oxygen atoms in total. The monoisotopic (exact) mass is 460 g/mol. The fourth-order valence-electron chi connectivity index (χ4n) is 2.97. The summed E-state index contributed by atoms with van der Waals surface area (Å²) in [5.41, 5.74) is 2.40. The molecule has 0 radical (unpaired) electrons. The first-order valence-electron chi connectivity index (χ1n) is 9.57. The van der Waals surface area contributed by atoms with Crippen LogP contribution in [0, 0.1) is 13.8 Å². The van der Waals surface area contributed by atoms with E-state index in [1.807, 2.05) is 39.0 Å². The number of sulfonamides is 2. The van der Waals surface area contributed by atoms with Crippen LogP contribution in [-0.2, 0) is 20.0 Å². The largest absolute Gasteiger partial charge is 0.494 e. The van der Waals surface area contributed by atoms with E-state index in [2.05, 4.69) is 9.44 Å². The molecule has 164 valence electrons. The van der Waals surface area contributed by atoms with Crippen LogP contribution in [0.15, 0.2) is 76.5 Å². The highest BCUT2D eigenvalue weighted by molar-refractivity contribution is 7.93. The van der Waals surface area contributed by atoms with Crippen molar-refractivity contribution in [2.75, 3.05) is 16.1 Å². The first kappa shape index (κ1) is 22.6. The van der Waals surface area contributed by atoms with Crippen molar-refractivity contribution in [1.29, 1.82) is 0 Å². The zero-order chi connectivity index (χ0) is 22.6. The number of nitrogens with one attached hydrogen (secondary N) is 2. The molecule has 0 atom stereocenters. The molecular weight excluding hydrogens is 436 g/mol. The third-order valence-corrected chi connectivity index (χ3v) is 7.34. The van der Waals surface area contributed by atoms with Crippen molar-refractivity contribution in [3.05, 3.63) is 77.9 Å². The summed E-state index contributed by atoms with van der Waals surface area (Å²) in [4.78, 5) is 0.100. The fourth-order valence-corrected chi connectivity index (χ4v) is 5.23. The van der Waals surface area contributed by atoms with Gasteiger partial charge in [-0.1, -0.05) is 18.2 Å². The molecule has 0 amide bonds. The summed E-state index contributed by atoms with van der Waals surface area (Å²) in [5, 5.41) is 0. The fraction of sp³-hybridized carbons (Fsp3) is 0.182. The molecule has 0 aliphatic rings. The van der Waals surface area contributed by atoms with Crippen LogP contribution in [0.5, 0.6) is 5.75 Å². The molecule has 0 saturated heterocycles. The van der Waals surface area contributed by atoms with E-state index in [0.717, 1.165) is 11.1 Å². The smallest absolute Gasteiger partial charge is 0.261 e. The van der Waals surface area contributed by atoms with Crippen LogP contribution in [0.2, 0.25) is 0 Å². The van der Waals surface area contributed by atoms with Crippen molar-refractivity contribution in [3.8, 4) is 5.75 Å². The van der Waals surface area contributed by atoms with Crippen molar-refractivity contribution in [2.45, 2.75) is 30.6 Å². The Balaban J connectivity index is 1.77. The van der Waals surface area contributed by atoms with Gasteiger partial charge in [-0.2, -0.15) is 0 Å². The van der Waals surface area contributed by atoms with Gasteiger partial charge in [0.25, 0.3) is 20.0 Å². The highest BCUT2D eigenvalue weighted by Gasteiger charge is 2.18. The molecule has 3 aromatic carbocycles. The number of hydrogen-bond acceptors (Lipinski definition) is 5. The van der Waals surface area contributed by atoms with E-state index in [0.29, 0.717) is 18.0 Å². The van der Waals surface area contributed by atoms with Gasteiger partial charge in [-0.25, -0.2) is 16.8 Å². The number of ether oxygens (including phenoxy) is 1. The predicted octanol–water partition coefficient (Wildman–Crippen LogP) is 4.30. The molecule has 0 spiro atoms. The molecule has 0 bridgehead atoms. The highest BCUT2D eigenvalue weighted by Crippen LogP contribution is 2.25. The van der Waals surface area contributed by atoms with Gasteiger partial charge in [0.1, 0.15) is 5.75 Å². The first-order chi connectivity index (χ1) is 14.6. The topological polar surface area (TPSA) is 102 Å². The summed E-state index contributed by atoms with van der Waals surface area (Å²) in [7, 11) is -7.65.